The lowest BCUT2D eigenvalue weighted by atomic mass is 10.1. The number of aromatic nitrogens is 3. The summed E-state index contributed by atoms with van der Waals surface area (Å²) in [7, 11) is 1.70. The van der Waals surface area contributed by atoms with Crippen molar-refractivity contribution in [3.05, 3.63) is 41.9 Å². The van der Waals surface area contributed by atoms with Crippen LogP contribution in [0.2, 0.25) is 0 Å². The van der Waals surface area contributed by atoms with Crippen molar-refractivity contribution < 1.29 is 9.59 Å². The van der Waals surface area contributed by atoms with E-state index in [1.165, 1.54) is 4.68 Å². The second-order valence-corrected chi connectivity index (χ2v) is 5.78. The van der Waals surface area contributed by atoms with E-state index in [2.05, 4.69) is 20.7 Å². The molecule has 1 unspecified atom stereocenters. The second-order valence-electron chi connectivity index (χ2n) is 5.78. The molecule has 3 rings (SSSR count). The van der Waals surface area contributed by atoms with E-state index >= 15 is 0 Å². The number of anilines is 1. The fraction of sp³-hybridized carbons (Fsp3) is 0.375. The molecule has 1 saturated carbocycles. The molecule has 120 valence electrons. The Morgan fingerprint density at radius 1 is 1.30 bits per heavy atom. The lowest BCUT2D eigenvalue weighted by molar-refractivity contribution is -0.117. The molecule has 0 radical (unpaired) electrons. The van der Waals surface area contributed by atoms with Crippen LogP contribution in [0.4, 0.5) is 5.82 Å². The summed E-state index contributed by atoms with van der Waals surface area (Å²) in [5, 5.41) is 9.86. The van der Waals surface area contributed by atoms with Crippen LogP contribution >= 0.6 is 0 Å². The fourth-order valence-electron chi connectivity index (χ4n) is 2.28. The van der Waals surface area contributed by atoms with Gasteiger partial charge in [-0.3, -0.25) is 19.3 Å². The summed E-state index contributed by atoms with van der Waals surface area (Å²) in [6, 6.07) is 5.14. The molecule has 1 fully saturated rings. The van der Waals surface area contributed by atoms with Crippen LogP contribution in [0.1, 0.15) is 41.9 Å². The van der Waals surface area contributed by atoms with Crippen molar-refractivity contribution in [1.29, 1.82) is 0 Å². The summed E-state index contributed by atoms with van der Waals surface area (Å²) in [5.41, 5.74) is 1.24. The van der Waals surface area contributed by atoms with E-state index in [0.717, 1.165) is 18.4 Å². The summed E-state index contributed by atoms with van der Waals surface area (Å²) in [5.74, 6) is 0.347. The van der Waals surface area contributed by atoms with Crippen LogP contribution in [0.25, 0.3) is 0 Å². The molecule has 7 nitrogen and oxygen atoms in total. The minimum atomic E-state index is -0.281. The van der Waals surface area contributed by atoms with Crippen molar-refractivity contribution in [2.24, 2.45) is 13.0 Å². The third-order valence-corrected chi connectivity index (χ3v) is 3.87. The first kappa shape index (κ1) is 15.2. The number of aryl methyl sites for hydroxylation is 1. The van der Waals surface area contributed by atoms with Gasteiger partial charge in [0.15, 0.2) is 5.69 Å². The van der Waals surface area contributed by atoms with E-state index in [-0.39, 0.29) is 29.5 Å². The highest BCUT2D eigenvalue weighted by molar-refractivity contribution is 5.96. The Bertz CT molecular complexity index is 721. The van der Waals surface area contributed by atoms with Crippen LogP contribution in [0.5, 0.6) is 0 Å². The minimum Gasteiger partial charge on any atom is -0.344 e. The summed E-state index contributed by atoms with van der Waals surface area (Å²) in [6.07, 6.45) is 5.23. The van der Waals surface area contributed by atoms with Crippen LogP contribution in [0.3, 0.4) is 0 Å². The highest BCUT2D eigenvalue weighted by Crippen LogP contribution is 2.30. The molecule has 2 amide bonds. The maximum absolute atomic E-state index is 12.3. The summed E-state index contributed by atoms with van der Waals surface area (Å²) >= 11 is 0. The number of nitrogens with zero attached hydrogens (tertiary/aromatic N) is 3. The Morgan fingerprint density at radius 2 is 2.00 bits per heavy atom. The summed E-state index contributed by atoms with van der Waals surface area (Å²) in [6.45, 7) is 1.89. The molecule has 1 atom stereocenters. The van der Waals surface area contributed by atoms with Crippen LogP contribution in [-0.4, -0.2) is 26.6 Å². The van der Waals surface area contributed by atoms with Crippen molar-refractivity contribution in [2.45, 2.75) is 25.8 Å². The Hall–Kier alpha value is -2.70. The highest BCUT2D eigenvalue weighted by Gasteiger charge is 2.30. The molecule has 1 aliphatic rings. The first-order valence-corrected chi connectivity index (χ1v) is 7.60. The number of carbonyl (C=O) groups is 2. The number of hydrogen-bond donors (Lipinski definition) is 2. The van der Waals surface area contributed by atoms with Gasteiger partial charge < -0.3 is 10.6 Å². The minimum absolute atomic E-state index is 0.00916. The quantitative estimate of drug-likeness (QED) is 0.878. The van der Waals surface area contributed by atoms with E-state index in [1.54, 1.807) is 25.5 Å². The topological polar surface area (TPSA) is 88.9 Å². The predicted octanol–water partition coefficient (Wildman–Crippen LogP) is 1.65. The molecule has 2 N–H and O–H groups in total. The van der Waals surface area contributed by atoms with Gasteiger partial charge in [0.1, 0.15) is 5.82 Å². The Morgan fingerprint density at radius 3 is 2.65 bits per heavy atom. The van der Waals surface area contributed by atoms with Gasteiger partial charge in [0.2, 0.25) is 5.91 Å². The molecule has 0 saturated heterocycles. The first-order valence-electron chi connectivity index (χ1n) is 7.60. The molecule has 2 heterocycles. The number of rotatable bonds is 5. The normalized spacial score (nSPS) is 15.0. The Kier molecular flexibility index (Phi) is 4.10. The maximum atomic E-state index is 12.3. The summed E-state index contributed by atoms with van der Waals surface area (Å²) in [4.78, 5) is 28.1. The molecular formula is C16H19N5O2. The largest absolute Gasteiger partial charge is 0.344 e. The van der Waals surface area contributed by atoms with E-state index in [0.29, 0.717) is 5.82 Å². The number of nitrogens with one attached hydrogen (secondary N) is 2. The van der Waals surface area contributed by atoms with Crippen molar-refractivity contribution in [3.63, 3.8) is 0 Å². The first-order chi connectivity index (χ1) is 11.0. The van der Waals surface area contributed by atoms with Gasteiger partial charge in [0.25, 0.3) is 5.91 Å². The van der Waals surface area contributed by atoms with Crippen molar-refractivity contribution in [3.8, 4) is 0 Å². The van der Waals surface area contributed by atoms with Gasteiger partial charge in [0, 0.05) is 31.4 Å². The zero-order valence-corrected chi connectivity index (χ0v) is 13.1. The molecule has 2 aromatic heterocycles. The SMILES string of the molecule is CC(NC(=O)c1cc(NC(=O)C2CC2)n(C)n1)c1ccncc1. The smallest absolute Gasteiger partial charge is 0.272 e. The average molecular weight is 313 g/mol. The fourth-order valence-corrected chi connectivity index (χ4v) is 2.28. The molecule has 0 aromatic carbocycles. The number of amides is 2. The average Bonchev–Trinajstić information content (AvgIpc) is 3.33. The second kappa shape index (κ2) is 6.20. The number of carbonyl (C=O) groups excluding carboxylic acids is 2. The lowest BCUT2D eigenvalue weighted by Gasteiger charge is -2.12. The number of hydrogen-bond acceptors (Lipinski definition) is 4. The zero-order chi connectivity index (χ0) is 16.4. The highest BCUT2D eigenvalue weighted by atomic mass is 16.2. The summed E-state index contributed by atoms with van der Waals surface area (Å²) < 4.78 is 1.51. The third kappa shape index (κ3) is 3.56. The molecule has 0 bridgehead atoms. The number of pyridine rings is 1. The van der Waals surface area contributed by atoms with Gasteiger partial charge in [0.05, 0.1) is 6.04 Å². The standard InChI is InChI=1S/C16H19N5O2/c1-10(11-5-7-17-8-6-11)18-16(23)13-9-14(21(2)20-13)19-15(22)12-3-4-12/h5-10,12H,3-4H2,1-2H3,(H,18,23)(H,19,22). The van der Waals surface area contributed by atoms with Gasteiger partial charge >= 0.3 is 0 Å². The lowest BCUT2D eigenvalue weighted by Crippen LogP contribution is -2.27. The predicted molar refractivity (Wildman–Crippen MR) is 84.7 cm³/mol. The van der Waals surface area contributed by atoms with E-state index in [4.69, 9.17) is 0 Å². The van der Waals surface area contributed by atoms with Gasteiger partial charge in [-0.1, -0.05) is 0 Å². The maximum Gasteiger partial charge on any atom is 0.272 e. The van der Waals surface area contributed by atoms with Crippen molar-refractivity contribution >= 4 is 17.6 Å². The van der Waals surface area contributed by atoms with Crippen LogP contribution in [0, 0.1) is 5.92 Å². The van der Waals surface area contributed by atoms with Crippen LogP contribution in [0.15, 0.2) is 30.6 Å². The van der Waals surface area contributed by atoms with Crippen molar-refractivity contribution in [1.82, 2.24) is 20.1 Å². The van der Waals surface area contributed by atoms with Gasteiger partial charge in [-0.2, -0.15) is 5.10 Å². The van der Waals surface area contributed by atoms with E-state index in [9.17, 15) is 9.59 Å². The molecular weight excluding hydrogens is 294 g/mol. The zero-order valence-electron chi connectivity index (χ0n) is 13.1. The van der Waals surface area contributed by atoms with Gasteiger partial charge in [-0.05, 0) is 37.5 Å². The molecule has 1 aliphatic carbocycles. The van der Waals surface area contributed by atoms with E-state index < -0.39 is 0 Å². The van der Waals surface area contributed by atoms with E-state index in [1.807, 2.05) is 19.1 Å². The monoisotopic (exact) mass is 313 g/mol. The third-order valence-electron chi connectivity index (χ3n) is 3.87. The van der Waals surface area contributed by atoms with Crippen LogP contribution in [-0.2, 0) is 11.8 Å². The molecule has 0 aliphatic heterocycles. The Labute approximate surface area is 134 Å². The van der Waals surface area contributed by atoms with Gasteiger partial charge in [-0.15, -0.1) is 0 Å². The molecule has 2 aromatic rings. The van der Waals surface area contributed by atoms with Gasteiger partial charge in [-0.25, -0.2) is 0 Å². The van der Waals surface area contributed by atoms with Crippen molar-refractivity contribution in [2.75, 3.05) is 5.32 Å². The molecule has 7 heteroatoms. The molecule has 0 spiro atoms. The van der Waals surface area contributed by atoms with Crippen LogP contribution < -0.4 is 10.6 Å². The molecule has 23 heavy (non-hydrogen) atoms. The Balaban J connectivity index is 1.66.